The molecule has 0 radical (unpaired) electrons. The normalized spacial score (nSPS) is 11.6. The van der Waals surface area contributed by atoms with Crippen LogP contribution in [0.5, 0.6) is 11.5 Å². The fourth-order valence-corrected chi connectivity index (χ4v) is 4.27. The van der Waals surface area contributed by atoms with Crippen LogP contribution in [0, 0.1) is 0 Å². The smallest absolute Gasteiger partial charge is 0.230 e. The third-order valence-corrected chi connectivity index (χ3v) is 6.32. The predicted octanol–water partition coefficient (Wildman–Crippen LogP) is 5.48. The van der Waals surface area contributed by atoms with Crippen molar-refractivity contribution in [1.29, 1.82) is 0 Å². The lowest BCUT2D eigenvalue weighted by molar-refractivity contribution is -0.118. The van der Waals surface area contributed by atoms with E-state index in [1.165, 1.54) is 11.8 Å². The number of ether oxygens (including phenoxy) is 2. The van der Waals surface area contributed by atoms with Gasteiger partial charge in [0.1, 0.15) is 11.5 Å². The first-order valence-corrected chi connectivity index (χ1v) is 12.3. The highest BCUT2D eigenvalue weighted by atomic mass is 35.5. The van der Waals surface area contributed by atoms with Gasteiger partial charge in [0.2, 0.25) is 5.91 Å². The molecule has 1 atom stereocenters. The van der Waals surface area contributed by atoms with E-state index < -0.39 is 0 Å². The number of hydrogen-bond donors (Lipinski definition) is 1. The molecule has 1 amide bonds. The van der Waals surface area contributed by atoms with Gasteiger partial charge in [0.25, 0.3) is 0 Å². The van der Waals surface area contributed by atoms with Gasteiger partial charge in [-0.05, 0) is 61.0 Å². The van der Waals surface area contributed by atoms with Crippen molar-refractivity contribution in [3.8, 4) is 17.2 Å². The second kappa shape index (κ2) is 11.8. The minimum absolute atomic E-state index is 0.100. The van der Waals surface area contributed by atoms with Crippen LogP contribution in [-0.2, 0) is 11.3 Å². The Hall–Kier alpha value is -3.49. The Labute approximate surface area is 213 Å². The fourth-order valence-electron chi connectivity index (χ4n) is 3.35. The number of rotatable bonds is 10. The van der Waals surface area contributed by atoms with Gasteiger partial charge in [0, 0.05) is 17.3 Å². The molecule has 180 valence electrons. The van der Waals surface area contributed by atoms with Gasteiger partial charge in [-0.2, -0.15) is 0 Å². The predicted molar refractivity (Wildman–Crippen MR) is 137 cm³/mol. The van der Waals surface area contributed by atoms with E-state index in [0.717, 1.165) is 17.0 Å². The van der Waals surface area contributed by atoms with Gasteiger partial charge in [-0.3, -0.25) is 9.36 Å². The molecule has 1 N–H and O–H groups in total. The van der Waals surface area contributed by atoms with Gasteiger partial charge in [-0.1, -0.05) is 53.7 Å². The molecule has 0 aliphatic heterocycles. The van der Waals surface area contributed by atoms with E-state index >= 15 is 0 Å². The van der Waals surface area contributed by atoms with Crippen molar-refractivity contribution in [2.75, 3.05) is 12.9 Å². The summed E-state index contributed by atoms with van der Waals surface area (Å²) in [6, 6.07) is 24.5. The summed E-state index contributed by atoms with van der Waals surface area (Å²) < 4.78 is 13.3. The lowest BCUT2D eigenvalue weighted by Crippen LogP contribution is -2.24. The molecule has 0 saturated carbocycles. The summed E-state index contributed by atoms with van der Waals surface area (Å²) in [6.07, 6.45) is -0.385. The maximum atomic E-state index is 12.5. The van der Waals surface area contributed by atoms with Gasteiger partial charge >= 0.3 is 0 Å². The Kier molecular flexibility index (Phi) is 8.28. The second-order valence-electron chi connectivity index (χ2n) is 7.64. The summed E-state index contributed by atoms with van der Waals surface area (Å²) >= 11 is 7.24. The molecule has 0 bridgehead atoms. The van der Waals surface area contributed by atoms with Gasteiger partial charge in [-0.15, -0.1) is 10.2 Å². The Morgan fingerprint density at radius 3 is 2.37 bits per heavy atom. The third kappa shape index (κ3) is 6.55. The molecule has 4 rings (SSSR count). The zero-order valence-electron chi connectivity index (χ0n) is 19.3. The van der Waals surface area contributed by atoms with Crippen LogP contribution in [0.25, 0.3) is 5.69 Å². The number of methoxy groups -OCH3 is 1. The first-order chi connectivity index (χ1) is 17.0. The maximum absolute atomic E-state index is 12.5. The van der Waals surface area contributed by atoms with Crippen LogP contribution in [0.15, 0.2) is 84.0 Å². The average molecular weight is 509 g/mol. The highest BCUT2D eigenvalue weighted by molar-refractivity contribution is 7.99. The largest absolute Gasteiger partial charge is 0.497 e. The van der Waals surface area contributed by atoms with Gasteiger partial charge < -0.3 is 14.8 Å². The van der Waals surface area contributed by atoms with Crippen molar-refractivity contribution in [2.24, 2.45) is 0 Å². The summed E-state index contributed by atoms with van der Waals surface area (Å²) in [6.45, 7) is 2.35. The quantitative estimate of drug-likeness (QED) is 0.286. The lowest BCUT2D eigenvalue weighted by atomic mass is 10.2. The Bertz CT molecular complexity index is 1250. The topological polar surface area (TPSA) is 78.3 Å². The van der Waals surface area contributed by atoms with Crippen molar-refractivity contribution in [3.63, 3.8) is 0 Å². The zero-order valence-corrected chi connectivity index (χ0v) is 20.9. The van der Waals surface area contributed by atoms with E-state index in [4.69, 9.17) is 21.1 Å². The van der Waals surface area contributed by atoms with Crippen LogP contribution in [0.2, 0.25) is 5.02 Å². The van der Waals surface area contributed by atoms with Crippen LogP contribution in [0.4, 0.5) is 0 Å². The van der Waals surface area contributed by atoms with Crippen molar-refractivity contribution in [2.45, 2.75) is 24.7 Å². The van der Waals surface area contributed by atoms with Crippen LogP contribution < -0.4 is 14.8 Å². The molecule has 9 heteroatoms. The standard InChI is InChI=1S/C26H25ClN4O3S/c1-18(34-23-14-12-22(33-2)13-15-23)25-29-30-26(31(25)21-6-4-3-5-7-21)35-17-24(32)28-16-19-8-10-20(27)11-9-19/h3-15,18H,16-17H2,1-2H3,(H,28,32). The minimum atomic E-state index is -0.385. The molecule has 1 unspecified atom stereocenters. The van der Waals surface area contributed by atoms with E-state index in [2.05, 4.69) is 15.5 Å². The molecule has 0 aliphatic rings. The zero-order chi connectivity index (χ0) is 24.6. The molecule has 0 spiro atoms. The molecular formula is C26H25ClN4O3S. The summed E-state index contributed by atoms with van der Waals surface area (Å²) in [5.41, 5.74) is 1.87. The van der Waals surface area contributed by atoms with E-state index in [9.17, 15) is 4.79 Å². The first kappa shape index (κ1) is 24.6. The van der Waals surface area contributed by atoms with Crippen LogP contribution >= 0.6 is 23.4 Å². The number of nitrogens with zero attached hydrogens (tertiary/aromatic N) is 3. The van der Waals surface area contributed by atoms with Crippen molar-refractivity contribution >= 4 is 29.3 Å². The highest BCUT2D eigenvalue weighted by Gasteiger charge is 2.21. The molecule has 1 aromatic heterocycles. The van der Waals surface area contributed by atoms with Crippen molar-refractivity contribution in [3.05, 3.63) is 95.3 Å². The summed E-state index contributed by atoms with van der Waals surface area (Å²) in [4.78, 5) is 12.5. The maximum Gasteiger partial charge on any atom is 0.230 e. The number of hydrogen-bond acceptors (Lipinski definition) is 6. The average Bonchev–Trinajstić information content (AvgIpc) is 3.32. The fraction of sp³-hybridized carbons (Fsp3) is 0.192. The third-order valence-electron chi connectivity index (χ3n) is 5.14. The molecule has 35 heavy (non-hydrogen) atoms. The number of amides is 1. The number of thioether (sulfide) groups is 1. The van der Waals surface area contributed by atoms with Crippen molar-refractivity contribution < 1.29 is 14.3 Å². The minimum Gasteiger partial charge on any atom is -0.497 e. The number of para-hydroxylation sites is 1. The SMILES string of the molecule is COc1ccc(OC(C)c2nnc(SCC(=O)NCc3ccc(Cl)cc3)n2-c2ccccc2)cc1. The van der Waals surface area contributed by atoms with Crippen molar-refractivity contribution in [1.82, 2.24) is 20.1 Å². The van der Waals surface area contributed by atoms with Gasteiger partial charge in [0.15, 0.2) is 17.1 Å². The number of nitrogens with one attached hydrogen (secondary N) is 1. The van der Waals surface area contributed by atoms with Crippen LogP contribution in [-0.4, -0.2) is 33.5 Å². The number of aromatic nitrogens is 3. The monoisotopic (exact) mass is 508 g/mol. The van der Waals surface area contributed by atoms with Crippen LogP contribution in [0.1, 0.15) is 24.4 Å². The molecule has 0 aliphatic carbocycles. The summed E-state index contributed by atoms with van der Waals surface area (Å²) in [7, 11) is 1.62. The molecule has 0 saturated heterocycles. The first-order valence-electron chi connectivity index (χ1n) is 11.0. The second-order valence-corrected chi connectivity index (χ2v) is 9.02. The Balaban J connectivity index is 1.46. The number of benzene rings is 3. The number of halogens is 1. The molecule has 0 fully saturated rings. The van der Waals surface area contributed by atoms with Gasteiger partial charge in [-0.25, -0.2) is 0 Å². The summed E-state index contributed by atoms with van der Waals surface area (Å²) in [5.74, 6) is 2.18. The lowest BCUT2D eigenvalue weighted by Gasteiger charge is -2.17. The van der Waals surface area contributed by atoms with E-state index in [0.29, 0.717) is 28.3 Å². The number of carbonyl (C=O) groups excluding carboxylic acids is 1. The Morgan fingerprint density at radius 2 is 1.69 bits per heavy atom. The van der Waals surface area contributed by atoms with E-state index in [1.807, 2.05) is 78.2 Å². The molecular weight excluding hydrogens is 484 g/mol. The van der Waals surface area contributed by atoms with Gasteiger partial charge in [0.05, 0.1) is 12.9 Å². The molecule has 4 aromatic rings. The molecule has 1 heterocycles. The van der Waals surface area contributed by atoms with Crippen LogP contribution in [0.3, 0.4) is 0 Å². The number of carbonyl (C=O) groups is 1. The highest BCUT2D eigenvalue weighted by Crippen LogP contribution is 2.28. The summed E-state index contributed by atoms with van der Waals surface area (Å²) in [5, 5.41) is 13.0. The van der Waals surface area contributed by atoms with E-state index in [1.54, 1.807) is 19.2 Å². The van der Waals surface area contributed by atoms with E-state index in [-0.39, 0.29) is 17.8 Å². The molecule has 3 aromatic carbocycles. The molecule has 7 nitrogen and oxygen atoms in total. The Morgan fingerprint density at radius 1 is 1.00 bits per heavy atom.